The van der Waals surface area contributed by atoms with Gasteiger partial charge in [0.05, 0.1) is 13.2 Å². The maximum Gasteiger partial charge on any atom is 0.154 e. The van der Waals surface area contributed by atoms with Gasteiger partial charge in [0.15, 0.2) is 6.29 Å². The molecule has 1 saturated carbocycles. The van der Waals surface area contributed by atoms with Crippen LogP contribution in [0.1, 0.15) is 60.3 Å². The minimum atomic E-state index is -0.207. The van der Waals surface area contributed by atoms with Gasteiger partial charge in [-0.1, -0.05) is 52.0 Å². The summed E-state index contributed by atoms with van der Waals surface area (Å²) in [7, 11) is 0. The Morgan fingerprint density at radius 1 is 1.21 bits per heavy atom. The SMILES string of the molecule is CC(C)C(C)(CCO[C@@H](C)OC[C@H](N)[C@@H]1[C@@H]2CCC=C[C@@]12C)C1C=CCCN1. The van der Waals surface area contributed by atoms with Crippen molar-refractivity contribution in [2.75, 3.05) is 19.8 Å². The Balaban J connectivity index is 1.40. The minimum absolute atomic E-state index is 0.0984. The van der Waals surface area contributed by atoms with Gasteiger partial charge in [0.1, 0.15) is 0 Å². The summed E-state index contributed by atoms with van der Waals surface area (Å²) >= 11 is 0. The van der Waals surface area contributed by atoms with Crippen LogP contribution < -0.4 is 11.1 Å². The molecular weight excluding hydrogens is 348 g/mol. The molecule has 0 aromatic heterocycles. The first-order valence-corrected chi connectivity index (χ1v) is 11.4. The molecule has 0 aromatic rings. The molecule has 160 valence electrons. The van der Waals surface area contributed by atoms with Gasteiger partial charge in [-0.25, -0.2) is 0 Å². The van der Waals surface area contributed by atoms with Crippen molar-refractivity contribution < 1.29 is 9.47 Å². The predicted molar refractivity (Wildman–Crippen MR) is 116 cm³/mol. The predicted octanol–water partition coefficient (Wildman–Crippen LogP) is 4.27. The van der Waals surface area contributed by atoms with E-state index in [-0.39, 0.29) is 17.7 Å². The van der Waals surface area contributed by atoms with Crippen LogP contribution in [0.4, 0.5) is 0 Å². The van der Waals surface area contributed by atoms with Crippen LogP contribution in [0, 0.1) is 28.6 Å². The molecule has 7 atom stereocenters. The number of ether oxygens (including phenoxy) is 2. The Morgan fingerprint density at radius 3 is 2.61 bits per heavy atom. The number of fused-ring (bicyclic) bond motifs is 1. The normalized spacial score (nSPS) is 36.0. The number of nitrogens with two attached hydrogens (primary N) is 1. The Morgan fingerprint density at radius 2 is 2.00 bits per heavy atom. The second-order valence-electron chi connectivity index (χ2n) is 9.97. The average molecular weight is 391 g/mol. The summed E-state index contributed by atoms with van der Waals surface area (Å²) in [6.45, 7) is 13.7. The van der Waals surface area contributed by atoms with Crippen LogP contribution in [0.2, 0.25) is 0 Å². The van der Waals surface area contributed by atoms with Gasteiger partial charge in [0, 0.05) is 12.1 Å². The molecule has 3 N–H and O–H groups in total. The molecule has 0 aromatic carbocycles. The smallest absolute Gasteiger partial charge is 0.154 e. The Kier molecular flexibility index (Phi) is 7.07. The lowest BCUT2D eigenvalue weighted by Crippen LogP contribution is -2.47. The van der Waals surface area contributed by atoms with E-state index in [1.165, 1.54) is 12.8 Å². The van der Waals surface area contributed by atoms with Crippen LogP contribution in [0.5, 0.6) is 0 Å². The summed E-state index contributed by atoms with van der Waals surface area (Å²) in [5.41, 5.74) is 6.97. The molecule has 2 aliphatic carbocycles. The van der Waals surface area contributed by atoms with Crippen molar-refractivity contribution in [1.82, 2.24) is 5.32 Å². The highest BCUT2D eigenvalue weighted by atomic mass is 16.7. The largest absolute Gasteiger partial charge is 0.353 e. The van der Waals surface area contributed by atoms with Gasteiger partial charge in [-0.05, 0) is 67.7 Å². The second-order valence-corrected chi connectivity index (χ2v) is 9.97. The van der Waals surface area contributed by atoms with E-state index in [0.29, 0.717) is 36.5 Å². The second kappa shape index (κ2) is 8.99. The molecular formula is C24H42N2O2. The van der Waals surface area contributed by atoms with Crippen LogP contribution >= 0.6 is 0 Å². The third-order valence-corrected chi connectivity index (χ3v) is 7.97. The van der Waals surface area contributed by atoms with Crippen molar-refractivity contribution in [2.24, 2.45) is 34.3 Å². The number of allylic oxidation sites excluding steroid dienone is 2. The quantitative estimate of drug-likeness (QED) is 0.432. The summed E-state index contributed by atoms with van der Waals surface area (Å²) in [5, 5.41) is 3.67. The first-order valence-electron chi connectivity index (χ1n) is 11.4. The summed E-state index contributed by atoms with van der Waals surface area (Å²) < 4.78 is 12.0. The summed E-state index contributed by atoms with van der Waals surface area (Å²) in [5.74, 6) is 1.88. The van der Waals surface area contributed by atoms with E-state index in [9.17, 15) is 0 Å². The summed E-state index contributed by atoms with van der Waals surface area (Å²) in [4.78, 5) is 0. The van der Waals surface area contributed by atoms with Crippen LogP contribution in [-0.4, -0.2) is 38.1 Å². The Bertz CT molecular complexity index is 575. The highest BCUT2D eigenvalue weighted by Crippen LogP contribution is 2.64. The number of hydrogen-bond donors (Lipinski definition) is 2. The summed E-state index contributed by atoms with van der Waals surface area (Å²) in [6.07, 6.45) is 13.8. The van der Waals surface area contributed by atoms with Crippen molar-refractivity contribution in [3.8, 4) is 0 Å². The molecule has 0 amide bonds. The van der Waals surface area contributed by atoms with Crippen molar-refractivity contribution in [3.63, 3.8) is 0 Å². The zero-order valence-electron chi connectivity index (χ0n) is 18.6. The Hall–Kier alpha value is -0.680. The lowest BCUT2D eigenvalue weighted by molar-refractivity contribution is -0.140. The van der Waals surface area contributed by atoms with Crippen molar-refractivity contribution in [1.29, 1.82) is 0 Å². The van der Waals surface area contributed by atoms with Crippen LogP contribution in [0.25, 0.3) is 0 Å². The van der Waals surface area contributed by atoms with E-state index in [0.717, 1.165) is 25.3 Å². The van der Waals surface area contributed by atoms with E-state index in [4.69, 9.17) is 15.2 Å². The Labute approximate surface area is 172 Å². The number of hydrogen-bond acceptors (Lipinski definition) is 4. The van der Waals surface area contributed by atoms with Gasteiger partial charge in [-0.15, -0.1) is 0 Å². The lowest BCUT2D eigenvalue weighted by Gasteiger charge is -2.42. The molecule has 0 radical (unpaired) electrons. The first kappa shape index (κ1) is 22.0. The molecule has 0 spiro atoms. The van der Waals surface area contributed by atoms with Gasteiger partial charge in [0.2, 0.25) is 0 Å². The van der Waals surface area contributed by atoms with Gasteiger partial charge in [-0.3, -0.25) is 0 Å². The van der Waals surface area contributed by atoms with Gasteiger partial charge >= 0.3 is 0 Å². The zero-order chi connectivity index (χ0) is 20.4. The van der Waals surface area contributed by atoms with E-state index < -0.39 is 0 Å². The molecule has 0 saturated heterocycles. The zero-order valence-corrected chi connectivity index (χ0v) is 18.6. The first-order chi connectivity index (χ1) is 13.3. The van der Waals surface area contributed by atoms with Crippen LogP contribution in [0.15, 0.2) is 24.3 Å². The van der Waals surface area contributed by atoms with Gasteiger partial charge in [0.25, 0.3) is 0 Å². The fourth-order valence-electron chi connectivity index (χ4n) is 5.48. The van der Waals surface area contributed by atoms with Crippen LogP contribution in [0.3, 0.4) is 0 Å². The van der Waals surface area contributed by atoms with Crippen LogP contribution in [-0.2, 0) is 9.47 Å². The standard InChI is InChI=1S/C24H42N2O2/c1-17(2)23(4,21-11-7-9-14-26-21)13-15-27-18(3)28-16-20(25)22-19-10-6-8-12-24(19,22)5/h7-8,11-12,17-22,26H,6,9-10,13-16,25H2,1-5H3/t18-,19+,20+,21?,22+,23?,24-/m1/s1. The third-order valence-electron chi connectivity index (χ3n) is 7.97. The van der Waals surface area contributed by atoms with Crippen molar-refractivity contribution in [2.45, 2.75) is 78.7 Å². The van der Waals surface area contributed by atoms with Gasteiger partial charge in [-0.2, -0.15) is 0 Å². The fourth-order valence-corrected chi connectivity index (χ4v) is 5.48. The fraction of sp³-hybridized carbons (Fsp3) is 0.833. The lowest BCUT2D eigenvalue weighted by atomic mass is 9.70. The van der Waals surface area contributed by atoms with Crippen molar-refractivity contribution >= 4 is 0 Å². The molecule has 3 aliphatic rings. The molecule has 28 heavy (non-hydrogen) atoms. The molecule has 0 bridgehead atoms. The molecule has 2 unspecified atom stereocenters. The number of nitrogens with one attached hydrogen (secondary N) is 1. The van der Waals surface area contributed by atoms with Crippen molar-refractivity contribution in [3.05, 3.63) is 24.3 Å². The highest BCUT2D eigenvalue weighted by Gasteiger charge is 2.61. The molecule has 1 fully saturated rings. The van der Waals surface area contributed by atoms with E-state index in [2.05, 4.69) is 57.3 Å². The topological polar surface area (TPSA) is 56.5 Å². The molecule has 1 heterocycles. The van der Waals surface area contributed by atoms with Gasteiger partial charge < -0.3 is 20.5 Å². The summed E-state index contributed by atoms with van der Waals surface area (Å²) in [6, 6.07) is 0.516. The highest BCUT2D eigenvalue weighted by molar-refractivity contribution is 5.23. The molecule has 4 nitrogen and oxygen atoms in total. The molecule has 1 aliphatic heterocycles. The average Bonchev–Trinajstić information content (AvgIpc) is 3.32. The third kappa shape index (κ3) is 4.56. The van der Waals surface area contributed by atoms with E-state index in [1.807, 2.05) is 6.92 Å². The van der Waals surface area contributed by atoms with E-state index >= 15 is 0 Å². The van der Waals surface area contributed by atoms with E-state index in [1.54, 1.807) is 0 Å². The maximum absolute atomic E-state index is 6.48. The monoisotopic (exact) mass is 390 g/mol. The molecule has 3 rings (SSSR count). The number of rotatable bonds is 10. The maximum atomic E-state index is 6.48. The minimum Gasteiger partial charge on any atom is -0.353 e. The molecule has 4 heteroatoms.